The first-order chi connectivity index (χ1) is 7.77. The van der Waals surface area contributed by atoms with Crippen LogP contribution in [-0.2, 0) is 6.42 Å². The first-order valence-electron chi connectivity index (χ1n) is 5.96. The predicted octanol–water partition coefficient (Wildman–Crippen LogP) is 4.42. The van der Waals surface area contributed by atoms with Crippen LogP contribution in [0.5, 0.6) is 0 Å². The number of hydrogen-bond donors (Lipinski definition) is 0. The maximum Gasteiger partial charge on any atom is -0.00768 e. The predicted molar refractivity (Wildman–Crippen MR) is 70.8 cm³/mol. The van der Waals surface area contributed by atoms with E-state index in [0.29, 0.717) is 0 Å². The van der Waals surface area contributed by atoms with Crippen molar-refractivity contribution in [1.29, 1.82) is 0 Å². The Morgan fingerprint density at radius 3 is 2.62 bits per heavy atom. The molecule has 0 radical (unpaired) electrons. The minimum atomic E-state index is 1.18. The number of benzene rings is 2. The van der Waals surface area contributed by atoms with Crippen molar-refractivity contribution in [3.63, 3.8) is 0 Å². The van der Waals surface area contributed by atoms with Crippen molar-refractivity contribution in [3.8, 4) is 0 Å². The fraction of sp³-hybridized carbons (Fsp3) is 0.250. The summed E-state index contributed by atoms with van der Waals surface area (Å²) < 4.78 is 0. The zero-order valence-electron chi connectivity index (χ0n) is 9.88. The van der Waals surface area contributed by atoms with Crippen molar-refractivity contribution in [1.82, 2.24) is 0 Å². The first kappa shape index (κ1) is 9.65. The largest absolute Gasteiger partial charge is 0.0836 e. The molecule has 16 heavy (non-hydrogen) atoms. The molecule has 1 aliphatic carbocycles. The number of aryl methyl sites for hydroxylation is 3. The summed E-state index contributed by atoms with van der Waals surface area (Å²) >= 11 is 0. The summed E-state index contributed by atoms with van der Waals surface area (Å²) in [6.07, 6.45) is 6.97. The van der Waals surface area contributed by atoms with Gasteiger partial charge in [-0.25, -0.2) is 0 Å². The Bertz CT molecular complexity index is 589. The maximum absolute atomic E-state index is 2.30. The summed E-state index contributed by atoms with van der Waals surface area (Å²) in [4.78, 5) is 0. The van der Waals surface area contributed by atoms with Crippen LogP contribution in [0.4, 0.5) is 0 Å². The standard InChI is InChI=1S/C16H16/c1-11-7-8-12(2)16-14(11)10-9-13-5-3-4-6-15(13)16/h4,6-10H,3,5H2,1-2H3. The van der Waals surface area contributed by atoms with Crippen LogP contribution in [0.25, 0.3) is 16.8 Å². The van der Waals surface area contributed by atoms with Gasteiger partial charge in [0.05, 0.1) is 0 Å². The van der Waals surface area contributed by atoms with Gasteiger partial charge in [0.2, 0.25) is 0 Å². The van der Waals surface area contributed by atoms with Crippen molar-refractivity contribution < 1.29 is 0 Å². The molecular weight excluding hydrogens is 192 g/mol. The van der Waals surface area contributed by atoms with Crippen LogP contribution >= 0.6 is 0 Å². The summed E-state index contributed by atoms with van der Waals surface area (Å²) in [7, 11) is 0. The lowest BCUT2D eigenvalue weighted by Crippen LogP contribution is -1.97. The summed E-state index contributed by atoms with van der Waals surface area (Å²) in [6, 6.07) is 9.04. The molecule has 0 fully saturated rings. The maximum atomic E-state index is 2.30. The van der Waals surface area contributed by atoms with Gasteiger partial charge in [-0.3, -0.25) is 0 Å². The van der Waals surface area contributed by atoms with Crippen molar-refractivity contribution in [2.75, 3.05) is 0 Å². The van der Waals surface area contributed by atoms with E-state index in [1.54, 1.807) is 0 Å². The van der Waals surface area contributed by atoms with Crippen LogP contribution in [0.15, 0.2) is 30.3 Å². The fourth-order valence-corrected chi connectivity index (χ4v) is 2.69. The molecule has 0 nitrogen and oxygen atoms in total. The zero-order valence-corrected chi connectivity index (χ0v) is 9.88. The molecule has 0 saturated carbocycles. The van der Waals surface area contributed by atoms with Crippen molar-refractivity contribution in [2.45, 2.75) is 26.7 Å². The third kappa shape index (κ3) is 1.30. The highest BCUT2D eigenvalue weighted by molar-refractivity contribution is 5.96. The SMILES string of the molecule is Cc1ccc(C)c2c3c(ccc12)CCC=C3. The van der Waals surface area contributed by atoms with Gasteiger partial charge in [0.1, 0.15) is 0 Å². The lowest BCUT2D eigenvalue weighted by molar-refractivity contribution is 0.989. The minimum Gasteiger partial charge on any atom is -0.0836 e. The second-order valence-corrected chi connectivity index (χ2v) is 4.70. The van der Waals surface area contributed by atoms with Crippen molar-refractivity contribution >= 4 is 16.8 Å². The third-order valence-corrected chi connectivity index (χ3v) is 3.60. The van der Waals surface area contributed by atoms with Crippen LogP contribution in [0.2, 0.25) is 0 Å². The smallest absolute Gasteiger partial charge is 0.00768 e. The molecule has 0 aliphatic heterocycles. The van der Waals surface area contributed by atoms with Gasteiger partial charge in [0, 0.05) is 0 Å². The molecule has 0 atom stereocenters. The Morgan fingerprint density at radius 2 is 1.75 bits per heavy atom. The number of fused-ring (bicyclic) bond motifs is 3. The van der Waals surface area contributed by atoms with Gasteiger partial charge in [-0.2, -0.15) is 0 Å². The van der Waals surface area contributed by atoms with Gasteiger partial charge in [0.15, 0.2) is 0 Å². The van der Waals surface area contributed by atoms with E-state index in [9.17, 15) is 0 Å². The minimum absolute atomic E-state index is 1.18. The van der Waals surface area contributed by atoms with E-state index in [1.165, 1.54) is 45.9 Å². The van der Waals surface area contributed by atoms with E-state index in [4.69, 9.17) is 0 Å². The second kappa shape index (κ2) is 3.48. The van der Waals surface area contributed by atoms with Gasteiger partial charge < -0.3 is 0 Å². The van der Waals surface area contributed by atoms with E-state index in [0.717, 1.165) is 0 Å². The van der Waals surface area contributed by atoms with Gasteiger partial charge in [-0.05, 0) is 59.7 Å². The lowest BCUT2D eigenvalue weighted by Gasteiger charge is -2.16. The number of rotatable bonds is 0. The van der Waals surface area contributed by atoms with Gasteiger partial charge in [-0.15, -0.1) is 0 Å². The van der Waals surface area contributed by atoms with Crippen LogP contribution in [0, 0.1) is 13.8 Å². The summed E-state index contributed by atoms with van der Waals surface area (Å²) in [6.45, 7) is 4.41. The molecule has 0 heterocycles. The molecule has 0 unspecified atom stereocenters. The Morgan fingerprint density at radius 1 is 0.938 bits per heavy atom. The molecule has 0 bridgehead atoms. The van der Waals surface area contributed by atoms with Crippen LogP contribution in [0.1, 0.15) is 28.7 Å². The third-order valence-electron chi connectivity index (χ3n) is 3.60. The molecule has 0 spiro atoms. The molecule has 3 rings (SSSR count). The summed E-state index contributed by atoms with van der Waals surface area (Å²) in [5.41, 5.74) is 5.72. The molecular formula is C16H16. The highest BCUT2D eigenvalue weighted by atomic mass is 14.1. The summed E-state index contributed by atoms with van der Waals surface area (Å²) in [5.74, 6) is 0. The van der Waals surface area contributed by atoms with Crippen LogP contribution in [-0.4, -0.2) is 0 Å². The van der Waals surface area contributed by atoms with Gasteiger partial charge >= 0.3 is 0 Å². The second-order valence-electron chi connectivity index (χ2n) is 4.70. The Labute approximate surface area is 96.6 Å². The number of allylic oxidation sites excluding steroid dienone is 1. The summed E-state index contributed by atoms with van der Waals surface area (Å²) in [5, 5.41) is 2.86. The monoisotopic (exact) mass is 208 g/mol. The Balaban J connectivity index is 2.49. The lowest BCUT2D eigenvalue weighted by atomic mass is 9.89. The molecule has 80 valence electrons. The van der Waals surface area contributed by atoms with Crippen molar-refractivity contribution in [2.24, 2.45) is 0 Å². The Hall–Kier alpha value is -1.56. The molecule has 1 aliphatic rings. The topological polar surface area (TPSA) is 0 Å². The fourth-order valence-electron chi connectivity index (χ4n) is 2.69. The Kier molecular flexibility index (Phi) is 2.10. The first-order valence-corrected chi connectivity index (χ1v) is 5.96. The van der Waals surface area contributed by atoms with E-state index >= 15 is 0 Å². The van der Waals surface area contributed by atoms with Gasteiger partial charge in [0.25, 0.3) is 0 Å². The van der Waals surface area contributed by atoms with E-state index < -0.39 is 0 Å². The molecule has 2 aromatic carbocycles. The molecule has 2 aromatic rings. The van der Waals surface area contributed by atoms with E-state index in [1.807, 2.05) is 0 Å². The van der Waals surface area contributed by atoms with Crippen molar-refractivity contribution in [3.05, 3.63) is 52.6 Å². The van der Waals surface area contributed by atoms with Gasteiger partial charge in [-0.1, -0.05) is 36.4 Å². The van der Waals surface area contributed by atoms with Crippen LogP contribution in [0.3, 0.4) is 0 Å². The average Bonchev–Trinajstić information content (AvgIpc) is 2.33. The normalized spacial score (nSPS) is 14.1. The molecule has 0 saturated heterocycles. The quantitative estimate of drug-likeness (QED) is 0.601. The molecule has 0 heteroatoms. The molecule has 0 aromatic heterocycles. The highest BCUT2D eigenvalue weighted by Gasteiger charge is 2.10. The zero-order chi connectivity index (χ0) is 11.1. The number of hydrogen-bond acceptors (Lipinski definition) is 0. The van der Waals surface area contributed by atoms with E-state index in [-0.39, 0.29) is 0 Å². The average molecular weight is 208 g/mol. The molecule has 0 N–H and O–H groups in total. The molecule has 0 amide bonds. The van der Waals surface area contributed by atoms with E-state index in [2.05, 4.69) is 50.3 Å². The highest BCUT2D eigenvalue weighted by Crippen LogP contribution is 2.31. The van der Waals surface area contributed by atoms with Crippen LogP contribution < -0.4 is 0 Å².